The lowest BCUT2D eigenvalue weighted by atomic mass is 9.71. The fourth-order valence-electron chi connectivity index (χ4n) is 3.55. The van der Waals surface area contributed by atoms with Gasteiger partial charge in [0.05, 0.1) is 0 Å². The van der Waals surface area contributed by atoms with Crippen molar-refractivity contribution in [2.75, 3.05) is 0 Å². The van der Waals surface area contributed by atoms with Gasteiger partial charge in [0, 0.05) is 5.56 Å². The summed E-state index contributed by atoms with van der Waals surface area (Å²) in [5, 5.41) is 0. The zero-order valence-corrected chi connectivity index (χ0v) is 12.5. The molecule has 0 aliphatic heterocycles. The van der Waals surface area contributed by atoms with E-state index in [1.54, 1.807) is 6.92 Å². The molecule has 3 atom stereocenters. The number of ketones is 1. The Labute approximate surface area is 117 Å². The SMILES string of the molecule is CCCC1CCC(c2ccc(C(C)=O)cc2)CC1C. The molecule has 0 heterocycles. The molecule has 19 heavy (non-hydrogen) atoms. The van der Waals surface area contributed by atoms with Crippen LogP contribution in [0.5, 0.6) is 0 Å². The normalized spacial score (nSPS) is 27.2. The zero-order valence-electron chi connectivity index (χ0n) is 12.5. The second-order valence-corrected chi connectivity index (χ2v) is 6.21. The molecule has 1 aromatic carbocycles. The van der Waals surface area contributed by atoms with Gasteiger partial charge in [-0.15, -0.1) is 0 Å². The van der Waals surface area contributed by atoms with Crippen molar-refractivity contribution < 1.29 is 4.79 Å². The molecule has 0 spiro atoms. The van der Waals surface area contributed by atoms with Crippen LogP contribution >= 0.6 is 0 Å². The van der Waals surface area contributed by atoms with Gasteiger partial charge in [0.1, 0.15) is 0 Å². The third kappa shape index (κ3) is 3.46. The molecule has 0 saturated heterocycles. The monoisotopic (exact) mass is 258 g/mol. The minimum atomic E-state index is 0.159. The number of Topliss-reactive ketones (excluding diaryl/α,β-unsaturated/α-hetero) is 1. The van der Waals surface area contributed by atoms with E-state index in [0.29, 0.717) is 5.92 Å². The number of benzene rings is 1. The van der Waals surface area contributed by atoms with Gasteiger partial charge in [-0.05, 0) is 49.5 Å². The molecule has 2 rings (SSSR count). The molecule has 0 amide bonds. The molecular weight excluding hydrogens is 232 g/mol. The van der Waals surface area contributed by atoms with E-state index < -0.39 is 0 Å². The van der Waals surface area contributed by atoms with Crippen LogP contribution < -0.4 is 0 Å². The van der Waals surface area contributed by atoms with Crippen LogP contribution in [0.1, 0.15) is 74.7 Å². The van der Waals surface area contributed by atoms with Crippen LogP contribution in [0, 0.1) is 11.8 Å². The zero-order chi connectivity index (χ0) is 13.8. The maximum atomic E-state index is 11.3. The van der Waals surface area contributed by atoms with E-state index in [-0.39, 0.29) is 5.78 Å². The molecule has 0 aromatic heterocycles. The summed E-state index contributed by atoms with van der Waals surface area (Å²) in [6, 6.07) is 8.30. The Kier molecular flexibility index (Phi) is 4.79. The van der Waals surface area contributed by atoms with Crippen molar-refractivity contribution in [1.29, 1.82) is 0 Å². The van der Waals surface area contributed by atoms with Gasteiger partial charge in [0.2, 0.25) is 0 Å². The summed E-state index contributed by atoms with van der Waals surface area (Å²) in [4.78, 5) is 11.3. The predicted octanol–water partition coefficient (Wildman–Crippen LogP) is 5.21. The highest BCUT2D eigenvalue weighted by Crippen LogP contribution is 2.41. The molecule has 1 nitrogen and oxygen atoms in total. The number of carbonyl (C=O) groups is 1. The van der Waals surface area contributed by atoms with Crippen molar-refractivity contribution in [3.05, 3.63) is 35.4 Å². The van der Waals surface area contributed by atoms with E-state index in [4.69, 9.17) is 0 Å². The molecule has 0 radical (unpaired) electrons. The first-order valence-electron chi connectivity index (χ1n) is 7.72. The highest BCUT2D eigenvalue weighted by Gasteiger charge is 2.27. The molecule has 1 aromatic rings. The summed E-state index contributed by atoms with van der Waals surface area (Å²) in [7, 11) is 0. The molecule has 1 aliphatic rings. The maximum Gasteiger partial charge on any atom is 0.159 e. The molecule has 1 fully saturated rings. The van der Waals surface area contributed by atoms with E-state index in [9.17, 15) is 4.79 Å². The number of hydrogen-bond donors (Lipinski definition) is 0. The first kappa shape index (κ1) is 14.3. The predicted molar refractivity (Wildman–Crippen MR) is 80.6 cm³/mol. The van der Waals surface area contributed by atoms with Gasteiger partial charge < -0.3 is 0 Å². The number of hydrogen-bond acceptors (Lipinski definition) is 1. The summed E-state index contributed by atoms with van der Waals surface area (Å²) in [6.07, 6.45) is 6.69. The van der Waals surface area contributed by atoms with E-state index >= 15 is 0 Å². The fourth-order valence-corrected chi connectivity index (χ4v) is 3.55. The van der Waals surface area contributed by atoms with Crippen molar-refractivity contribution in [3.8, 4) is 0 Å². The Hall–Kier alpha value is -1.11. The van der Waals surface area contributed by atoms with Crippen molar-refractivity contribution in [2.45, 2.75) is 58.8 Å². The summed E-state index contributed by atoms with van der Waals surface area (Å²) in [6.45, 7) is 6.34. The van der Waals surface area contributed by atoms with Crippen molar-refractivity contribution in [2.24, 2.45) is 11.8 Å². The van der Waals surface area contributed by atoms with Gasteiger partial charge in [-0.2, -0.15) is 0 Å². The van der Waals surface area contributed by atoms with Crippen molar-refractivity contribution >= 4 is 5.78 Å². The lowest BCUT2D eigenvalue weighted by Gasteiger charge is -2.34. The molecular formula is C18H26O. The van der Waals surface area contributed by atoms with E-state index in [1.807, 2.05) is 12.1 Å². The van der Waals surface area contributed by atoms with E-state index in [1.165, 1.54) is 37.7 Å². The summed E-state index contributed by atoms with van der Waals surface area (Å²) in [5.74, 6) is 2.62. The van der Waals surface area contributed by atoms with Crippen LogP contribution in [-0.4, -0.2) is 5.78 Å². The van der Waals surface area contributed by atoms with Crippen molar-refractivity contribution in [1.82, 2.24) is 0 Å². The Morgan fingerprint density at radius 2 is 1.89 bits per heavy atom. The Morgan fingerprint density at radius 3 is 2.42 bits per heavy atom. The second kappa shape index (κ2) is 6.36. The van der Waals surface area contributed by atoms with Crippen LogP contribution in [0.4, 0.5) is 0 Å². The van der Waals surface area contributed by atoms with Crippen LogP contribution in [-0.2, 0) is 0 Å². The first-order chi connectivity index (χ1) is 9.11. The summed E-state index contributed by atoms with van der Waals surface area (Å²) < 4.78 is 0. The topological polar surface area (TPSA) is 17.1 Å². The largest absolute Gasteiger partial charge is 0.295 e. The molecule has 3 unspecified atom stereocenters. The van der Waals surface area contributed by atoms with E-state index in [2.05, 4.69) is 26.0 Å². The van der Waals surface area contributed by atoms with Gasteiger partial charge in [-0.3, -0.25) is 4.79 Å². The lowest BCUT2D eigenvalue weighted by molar-refractivity contribution is 0.101. The van der Waals surface area contributed by atoms with Gasteiger partial charge in [-0.1, -0.05) is 51.0 Å². The molecule has 0 N–H and O–H groups in total. The average molecular weight is 258 g/mol. The number of carbonyl (C=O) groups excluding carboxylic acids is 1. The fraction of sp³-hybridized carbons (Fsp3) is 0.611. The Bertz CT molecular complexity index is 418. The van der Waals surface area contributed by atoms with Crippen LogP contribution in [0.15, 0.2) is 24.3 Å². The molecule has 1 aliphatic carbocycles. The minimum absolute atomic E-state index is 0.159. The van der Waals surface area contributed by atoms with Gasteiger partial charge in [-0.25, -0.2) is 0 Å². The highest BCUT2D eigenvalue weighted by atomic mass is 16.1. The second-order valence-electron chi connectivity index (χ2n) is 6.21. The smallest absolute Gasteiger partial charge is 0.159 e. The molecule has 0 bridgehead atoms. The summed E-state index contributed by atoms with van der Waals surface area (Å²) in [5.41, 5.74) is 2.25. The third-order valence-corrected chi connectivity index (χ3v) is 4.80. The highest BCUT2D eigenvalue weighted by molar-refractivity contribution is 5.94. The van der Waals surface area contributed by atoms with Crippen LogP contribution in [0.3, 0.4) is 0 Å². The first-order valence-corrected chi connectivity index (χ1v) is 7.72. The van der Waals surface area contributed by atoms with Gasteiger partial charge >= 0.3 is 0 Å². The van der Waals surface area contributed by atoms with Crippen LogP contribution in [0.25, 0.3) is 0 Å². The van der Waals surface area contributed by atoms with Gasteiger partial charge in [0.15, 0.2) is 5.78 Å². The van der Waals surface area contributed by atoms with Crippen LogP contribution in [0.2, 0.25) is 0 Å². The Balaban J connectivity index is 2.01. The Morgan fingerprint density at radius 1 is 1.21 bits per heavy atom. The molecule has 1 heteroatoms. The average Bonchev–Trinajstić information content (AvgIpc) is 2.41. The third-order valence-electron chi connectivity index (χ3n) is 4.80. The van der Waals surface area contributed by atoms with Crippen molar-refractivity contribution in [3.63, 3.8) is 0 Å². The standard InChI is InChI=1S/C18H26O/c1-4-5-15-6-11-18(12-13(15)2)17-9-7-16(8-10-17)14(3)19/h7-10,13,15,18H,4-6,11-12H2,1-3H3. The number of rotatable bonds is 4. The lowest BCUT2D eigenvalue weighted by Crippen LogP contribution is -2.21. The quantitative estimate of drug-likeness (QED) is 0.678. The summed E-state index contributed by atoms with van der Waals surface area (Å²) >= 11 is 0. The maximum absolute atomic E-state index is 11.3. The minimum Gasteiger partial charge on any atom is -0.295 e. The molecule has 104 valence electrons. The van der Waals surface area contributed by atoms with Gasteiger partial charge in [0.25, 0.3) is 0 Å². The molecule has 1 saturated carbocycles. The van der Waals surface area contributed by atoms with E-state index in [0.717, 1.165) is 17.4 Å².